The van der Waals surface area contributed by atoms with Crippen molar-refractivity contribution in [2.24, 2.45) is 0 Å². The molecule has 6 nitrogen and oxygen atoms in total. The molecule has 24 heavy (non-hydrogen) atoms. The molecule has 0 spiro atoms. The first-order chi connectivity index (χ1) is 11.4. The van der Waals surface area contributed by atoms with Crippen LogP contribution < -0.4 is 4.74 Å². The molecule has 2 aromatic carbocycles. The van der Waals surface area contributed by atoms with Crippen LogP contribution in [0, 0.1) is 0 Å². The van der Waals surface area contributed by atoms with E-state index in [1.165, 1.54) is 31.4 Å². The Balaban J connectivity index is 2.24. The van der Waals surface area contributed by atoms with Crippen LogP contribution in [-0.4, -0.2) is 34.2 Å². The summed E-state index contributed by atoms with van der Waals surface area (Å²) in [6.45, 7) is 0. The zero-order valence-electron chi connectivity index (χ0n) is 12.9. The van der Waals surface area contributed by atoms with E-state index in [1.807, 2.05) is 0 Å². The maximum Gasteiger partial charge on any atom is 0.307 e. The summed E-state index contributed by atoms with van der Waals surface area (Å²) in [5.74, 6) is -1.40. The van der Waals surface area contributed by atoms with Gasteiger partial charge in [-0.05, 0) is 35.9 Å². The standard InChI is InChI=1S/C18H16O6/c1-24-17-8-11(9-18(22)23)2-3-12(17)4-7-15(20)14-6-5-13(19)10-16(14)21/h2-8,10,19,21H,9H2,1H3,(H,22,23). The Kier molecular flexibility index (Phi) is 5.21. The fraction of sp³-hybridized carbons (Fsp3) is 0.111. The third kappa shape index (κ3) is 4.13. The van der Waals surface area contributed by atoms with Crippen LogP contribution in [0.4, 0.5) is 0 Å². The molecule has 0 unspecified atom stereocenters. The van der Waals surface area contributed by atoms with Crippen molar-refractivity contribution in [2.45, 2.75) is 6.42 Å². The van der Waals surface area contributed by atoms with Gasteiger partial charge in [0, 0.05) is 11.6 Å². The monoisotopic (exact) mass is 328 g/mol. The summed E-state index contributed by atoms with van der Waals surface area (Å²) < 4.78 is 5.21. The van der Waals surface area contributed by atoms with Crippen LogP contribution in [0.3, 0.4) is 0 Å². The summed E-state index contributed by atoms with van der Waals surface area (Å²) in [4.78, 5) is 22.9. The van der Waals surface area contributed by atoms with Crippen molar-refractivity contribution in [3.63, 3.8) is 0 Å². The molecule has 0 amide bonds. The number of carboxylic acids is 1. The van der Waals surface area contributed by atoms with Gasteiger partial charge in [0.1, 0.15) is 17.2 Å². The van der Waals surface area contributed by atoms with Crippen molar-refractivity contribution in [1.29, 1.82) is 0 Å². The van der Waals surface area contributed by atoms with Gasteiger partial charge in [-0.2, -0.15) is 0 Å². The summed E-state index contributed by atoms with van der Waals surface area (Å²) in [7, 11) is 1.45. The van der Waals surface area contributed by atoms with Crippen LogP contribution in [0.1, 0.15) is 21.5 Å². The number of rotatable bonds is 6. The highest BCUT2D eigenvalue weighted by atomic mass is 16.5. The molecule has 3 N–H and O–H groups in total. The van der Waals surface area contributed by atoms with Crippen LogP contribution in [0.2, 0.25) is 0 Å². The number of aromatic hydroxyl groups is 2. The number of benzene rings is 2. The molecule has 6 heteroatoms. The Bertz CT molecular complexity index is 807. The number of phenolic OH excluding ortho intramolecular Hbond substituents is 2. The van der Waals surface area contributed by atoms with Crippen molar-refractivity contribution in [3.8, 4) is 17.2 Å². The lowest BCUT2D eigenvalue weighted by Crippen LogP contribution is -2.01. The number of allylic oxidation sites excluding steroid dienone is 1. The van der Waals surface area contributed by atoms with E-state index >= 15 is 0 Å². The molecule has 0 heterocycles. The van der Waals surface area contributed by atoms with E-state index in [2.05, 4.69) is 0 Å². The maximum atomic E-state index is 12.1. The molecule has 0 saturated carbocycles. The summed E-state index contributed by atoms with van der Waals surface area (Å²) in [5, 5.41) is 27.7. The lowest BCUT2D eigenvalue weighted by atomic mass is 10.0. The molecule has 2 rings (SSSR count). The first kappa shape index (κ1) is 17.1. The molecule has 124 valence electrons. The normalized spacial score (nSPS) is 10.7. The predicted octanol–water partition coefficient (Wildman–Crippen LogP) is 2.63. The smallest absolute Gasteiger partial charge is 0.307 e. The highest BCUT2D eigenvalue weighted by Crippen LogP contribution is 2.25. The van der Waals surface area contributed by atoms with Crippen LogP contribution in [0.25, 0.3) is 6.08 Å². The van der Waals surface area contributed by atoms with Crippen molar-refractivity contribution >= 4 is 17.8 Å². The Morgan fingerprint density at radius 3 is 2.50 bits per heavy atom. The van der Waals surface area contributed by atoms with Crippen molar-refractivity contribution in [1.82, 2.24) is 0 Å². The van der Waals surface area contributed by atoms with E-state index in [1.54, 1.807) is 18.2 Å². The zero-order chi connectivity index (χ0) is 17.7. The molecule has 0 aliphatic rings. The second-order valence-corrected chi connectivity index (χ2v) is 5.05. The lowest BCUT2D eigenvalue weighted by molar-refractivity contribution is -0.136. The average molecular weight is 328 g/mol. The minimum Gasteiger partial charge on any atom is -0.508 e. The van der Waals surface area contributed by atoms with Gasteiger partial charge in [-0.15, -0.1) is 0 Å². The number of methoxy groups -OCH3 is 1. The number of aliphatic carboxylic acids is 1. The van der Waals surface area contributed by atoms with Crippen molar-refractivity contribution in [3.05, 3.63) is 59.2 Å². The third-order valence-electron chi connectivity index (χ3n) is 3.31. The van der Waals surface area contributed by atoms with Gasteiger partial charge in [0.15, 0.2) is 5.78 Å². The highest BCUT2D eigenvalue weighted by Gasteiger charge is 2.10. The number of hydrogen-bond acceptors (Lipinski definition) is 5. The summed E-state index contributed by atoms with van der Waals surface area (Å²) in [6.07, 6.45) is 2.65. The van der Waals surface area contributed by atoms with Crippen LogP contribution in [0.5, 0.6) is 17.2 Å². The molecular weight excluding hydrogens is 312 g/mol. The fourth-order valence-corrected chi connectivity index (χ4v) is 2.16. The van der Waals surface area contributed by atoms with Gasteiger partial charge >= 0.3 is 5.97 Å². The van der Waals surface area contributed by atoms with E-state index in [0.29, 0.717) is 16.9 Å². The number of phenols is 2. The maximum absolute atomic E-state index is 12.1. The first-order valence-corrected chi connectivity index (χ1v) is 7.04. The van der Waals surface area contributed by atoms with Crippen molar-refractivity contribution in [2.75, 3.05) is 7.11 Å². The second-order valence-electron chi connectivity index (χ2n) is 5.05. The van der Waals surface area contributed by atoms with Gasteiger partial charge in [-0.25, -0.2) is 0 Å². The molecule has 0 bridgehead atoms. The number of carbonyl (C=O) groups is 2. The number of carbonyl (C=O) groups excluding carboxylic acids is 1. The molecule has 0 aliphatic carbocycles. The molecule has 0 atom stereocenters. The van der Waals surface area contributed by atoms with E-state index in [-0.39, 0.29) is 23.5 Å². The number of ketones is 1. The van der Waals surface area contributed by atoms with Gasteiger partial charge in [0.2, 0.25) is 0 Å². The fourth-order valence-electron chi connectivity index (χ4n) is 2.16. The molecule has 2 aromatic rings. The third-order valence-corrected chi connectivity index (χ3v) is 3.31. The lowest BCUT2D eigenvalue weighted by Gasteiger charge is -2.07. The van der Waals surface area contributed by atoms with Gasteiger partial charge < -0.3 is 20.1 Å². The van der Waals surface area contributed by atoms with E-state index < -0.39 is 11.8 Å². The van der Waals surface area contributed by atoms with Crippen LogP contribution in [-0.2, 0) is 11.2 Å². The number of ether oxygens (including phenoxy) is 1. The molecule has 0 aliphatic heterocycles. The molecule has 0 fully saturated rings. The van der Waals surface area contributed by atoms with Gasteiger partial charge in [-0.3, -0.25) is 9.59 Å². The van der Waals surface area contributed by atoms with E-state index in [9.17, 15) is 19.8 Å². The molecular formula is C18H16O6. The quantitative estimate of drug-likeness (QED) is 0.556. The SMILES string of the molecule is COc1cc(CC(=O)O)ccc1C=CC(=O)c1ccc(O)cc1O. The zero-order valence-corrected chi connectivity index (χ0v) is 12.9. The molecule has 0 saturated heterocycles. The summed E-state index contributed by atoms with van der Waals surface area (Å²) in [6, 6.07) is 8.60. The number of hydrogen-bond donors (Lipinski definition) is 3. The first-order valence-electron chi connectivity index (χ1n) is 7.04. The average Bonchev–Trinajstić information content (AvgIpc) is 2.52. The van der Waals surface area contributed by atoms with Gasteiger partial charge in [-0.1, -0.05) is 12.1 Å². The summed E-state index contributed by atoms with van der Waals surface area (Å²) in [5.41, 5.74) is 1.24. The highest BCUT2D eigenvalue weighted by molar-refractivity contribution is 6.08. The Morgan fingerprint density at radius 2 is 1.88 bits per heavy atom. The van der Waals surface area contributed by atoms with E-state index in [4.69, 9.17) is 9.84 Å². The largest absolute Gasteiger partial charge is 0.508 e. The minimum absolute atomic E-state index is 0.0607. The van der Waals surface area contributed by atoms with Gasteiger partial charge in [0.05, 0.1) is 19.1 Å². The van der Waals surface area contributed by atoms with Crippen molar-refractivity contribution < 1.29 is 29.6 Å². The van der Waals surface area contributed by atoms with Gasteiger partial charge in [0.25, 0.3) is 0 Å². The van der Waals surface area contributed by atoms with Crippen LogP contribution in [0.15, 0.2) is 42.5 Å². The number of carboxylic acid groups (broad SMARTS) is 1. The molecule has 0 radical (unpaired) electrons. The van der Waals surface area contributed by atoms with E-state index in [0.717, 1.165) is 6.07 Å². The molecule has 0 aromatic heterocycles. The topological polar surface area (TPSA) is 104 Å². The summed E-state index contributed by atoms with van der Waals surface area (Å²) >= 11 is 0. The minimum atomic E-state index is -0.946. The Morgan fingerprint density at radius 1 is 1.12 bits per heavy atom. The van der Waals surface area contributed by atoms with Crippen LogP contribution >= 0.6 is 0 Å². The predicted molar refractivity (Wildman–Crippen MR) is 87.5 cm³/mol. The second kappa shape index (κ2) is 7.32. The Labute approximate surface area is 138 Å². The Hall–Kier alpha value is -3.28.